The van der Waals surface area contributed by atoms with Crippen LogP contribution < -0.4 is 10.1 Å². The molecule has 1 aromatic heterocycles. The van der Waals surface area contributed by atoms with Crippen molar-refractivity contribution in [2.24, 2.45) is 0 Å². The number of benzene rings is 1. The average molecular weight is 245 g/mol. The molecule has 0 saturated carbocycles. The van der Waals surface area contributed by atoms with Gasteiger partial charge in [0, 0.05) is 18.8 Å². The number of hydrogen-bond donors (Lipinski definition) is 1. The maximum Gasteiger partial charge on any atom is 0.118 e. The molecule has 4 heteroatoms. The molecule has 18 heavy (non-hydrogen) atoms. The molecule has 0 atom stereocenters. The van der Waals surface area contributed by atoms with E-state index in [0.717, 1.165) is 18.0 Å². The first-order chi connectivity index (χ1) is 8.69. The van der Waals surface area contributed by atoms with Crippen molar-refractivity contribution in [1.29, 1.82) is 0 Å². The molecule has 0 aliphatic carbocycles. The van der Waals surface area contributed by atoms with Crippen LogP contribution in [0.25, 0.3) is 0 Å². The van der Waals surface area contributed by atoms with Crippen molar-refractivity contribution in [3.8, 4) is 5.75 Å². The Morgan fingerprint density at radius 3 is 2.56 bits per heavy atom. The molecule has 96 valence electrons. The third kappa shape index (κ3) is 3.03. The summed E-state index contributed by atoms with van der Waals surface area (Å²) in [5, 5.41) is 7.64. The molecule has 1 N–H and O–H groups in total. The van der Waals surface area contributed by atoms with Crippen LogP contribution in [0, 0.1) is 0 Å². The van der Waals surface area contributed by atoms with Gasteiger partial charge in [-0.1, -0.05) is 12.1 Å². The first-order valence-corrected chi connectivity index (χ1v) is 6.10. The number of aromatic nitrogens is 2. The highest BCUT2D eigenvalue weighted by molar-refractivity contribution is 5.39. The third-order valence-electron chi connectivity index (χ3n) is 2.79. The van der Waals surface area contributed by atoms with Gasteiger partial charge in [-0.2, -0.15) is 5.10 Å². The smallest absolute Gasteiger partial charge is 0.118 e. The predicted octanol–water partition coefficient (Wildman–Crippen LogP) is 3.08. The molecule has 0 radical (unpaired) electrons. The number of hydrogen-bond acceptors (Lipinski definition) is 3. The van der Waals surface area contributed by atoms with E-state index in [1.807, 2.05) is 29.2 Å². The number of methoxy groups -OCH3 is 1. The Morgan fingerprint density at radius 1 is 1.28 bits per heavy atom. The van der Waals surface area contributed by atoms with Gasteiger partial charge in [-0.25, -0.2) is 0 Å². The second-order valence-corrected chi connectivity index (χ2v) is 4.50. The number of ether oxygens (including phenoxy) is 1. The number of rotatable bonds is 5. The molecule has 0 saturated heterocycles. The first-order valence-electron chi connectivity index (χ1n) is 6.10. The van der Waals surface area contributed by atoms with Crippen LogP contribution in [0.2, 0.25) is 0 Å². The lowest BCUT2D eigenvalue weighted by atomic mass is 10.2. The van der Waals surface area contributed by atoms with Crippen LogP contribution in [-0.4, -0.2) is 16.9 Å². The summed E-state index contributed by atoms with van der Waals surface area (Å²) in [5.41, 5.74) is 2.26. The van der Waals surface area contributed by atoms with E-state index in [4.69, 9.17) is 4.74 Å². The molecule has 0 unspecified atom stereocenters. The molecule has 2 rings (SSSR count). The number of anilines is 1. The first kappa shape index (κ1) is 12.5. The molecule has 0 aliphatic rings. The Labute approximate surface area is 108 Å². The van der Waals surface area contributed by atoms with Gasteiger partial charge >= 0.3 is 0 Å². The highest BCUT2D eigenvalue weighted by Gasteiger charge is 2.01. The van der Waals surface area contributed by atoms with Gasteiger partial charge in [-0.3, -0.25) is 4.68 Å². The predicted molar refractivity (Wildman–Crippen MR) is 72.9 cm³/mol. The fourth-order valence-corrected chi connectivity index (χ4v) is 1.66. The molecular weight excluding hydrogens is 226 g/mol. The SMILES string of the molecule is COc1ccc(CNc2cnn(C(C)C)c2)cc1. The lowest BCUT2D eigenvalue weighted by Crippen LogP contribution is -2.01. The summed E-state index contributed by atoms with van der Waals surface area (Å²) in [4.78, 5) is 0. The summed E-state index contributed by atoms with van der Waals surface area (Å²) in [6.07, 6.45) is 3.87. The highest BCUT2D eigenvalue weighted by Crippen LogP contribution is 2.14. The van der Waals surface area contributed by atoms with Crippen molar-refractivity contribution in [2.75, 3.05) is 12.4 Å². The van der Waals surface area contributed by atoms with Crippen LogP contribution in [-0.2, 0) is 6.54 Å². The van der Waals surface area contributed by atoms with Crippen molar-refractivity contribution < 1.29 is 4.74 Å². The van der Waals surface area contributed by atoms with Gasteiger partial charge in [0.1, 0.15) is 5.75 Å². The normalized spacial score (nSPS) is 10.7. The lowest BCUT2D eigenvalue weighted by Gasteiger charge is -2.06. The number of nitrogens with one attached hydrogen (secondary N) is 1. The minimum absolute atomic E-state index is 0.390. The summed E-state index contributed by atoms with van der Waals surface area (Å²) in [5.74, 6) is 0.881. The van der Waals surface area contributed by atoms with Crippen molar-refractivity contribution >= 4 is 5.69 Å². The molecule has 2 aromatic rings. The number of nitrogens with zero attached hydrogens (tertiary/aromatic N) is 2. The van der Waals surface area contributed by atoms with Crippen molar-refractivity contribution in [3.63, 3.8) is 0 Å². The highest BCUT2D eigenvalue weighted by atomic mass is 16.5. The van der Waals surface area contributed by atoms with Crippen molar-refractivity contribution in [2.45, 2.75) is 26.4 Å². The molecule has 0 amide bonds. The third-order valence-corrected chi connectivity index (χ3v) is 2.79. The quantitative estimate of drug-likeness (QED) is 0.879. The van der Waals surface area contributed by atoms with E-state index in [9.17, 15) is 0 Å². The zero-order valence-electron chi connectivity index (χ0n) is 11.1. The topological polar surface area (TPSA) is 39.1 Å². The summed E-state index contributed by atoms with van der Waals surface area (Å²) in [6.45, 7) is 5.01. The van der Waals surface area contributed by atoms with Crippen molar-refractivity contribution in [3.05, 3.63) is 42.2 Å². The average Bonchev–Trinajstić information content (AvgIpc) is 2.86. The van der Waals surface area contributed by atoms with E-state index >= 15 is 0 Å². The second kappa shape index (κ2) is 5.58. The Kier molecular flexibility index (Phi) is 3.87. The summed E-state index contributed by atoms with van der Waals surface area (Å²) < 4.78 is 7.07. The molecule has 1 heterocycles. The Bertz CT molecular complexity index is 488. The van der Waals surface area contributed by atoms with Crippen LogP contribution in [0.5, 0.6) is 5.75 Å². The van der Waals surface area contributed by atoms with Crippen molar-refractivity contribution in [1.82, 2.24) is 9.78 Å². The molecule has 0 spiro atoms. The Morgan fingerprint density at radius 2 is 2.00 bits per heavy atom. The zero-order chi connectivity index (χ0) is 13.0. The van der Waals surface area contributed by atoms with Gasteiger partial charge in [-0.05, 0) is 31.5 Å². The molecule has 0 aliphatic heterocycles. The molecular formula is C14H19N3O. The van der Waals surface area contributed by atoms with E-state index in [2.05, 4.69) is 36.4 Å². The fourth-order valence-electron chi connectivity index (χ4n) is 1.66. The van der Waals surface area contributed by atoms with Gasteiger partial charge in [0.15, 0.2) is 0 Å². The second-order valence-electron chi connectivity index (χ2n) is 4.50. The van der Waals surface area contributed by atoms with E-state index in [0.29, 0.717) is 6.04 Å². The molecule has 0 bridgehead atoms. The molecule has 1 aromatic carbocycles. The molecule has 0 fully saturated rings. The minimum atomic E-state index is 0.390. The van der Waals surface area contributed by atoms with E-state index in [1.165, 1.54) is 5.56 Å². The van der Waals surface area contributed by atoms with Gasteiger partial charge in [0.2, 0.25) is 0 Å². The maximum absolute atomic E-state index is 5.13. The maximum atomic E-state index is 5.13. The van der Waals surface area contributed by atoms with E-state index in [-0.39, 0.29) is 0 Å². The van der Waals surface area contributed by atoms with Crippen LogP contribution >= 0.6 is 0 Å². The Balaban J connectivity index is 1.93. The largest absolute Gasteiger partial charge is 0.497 e. The zero-order valence-corrected chi connectivity index (χ0v) is 11.1. The van der Waals surface area contributed by atoms with E-state index in [1.54, 1.807) is 7.11 Å². The Hall–Kier alpha value is -1.97. The van der Waals surface area contributed by atoms with Crippen LogP contribution in [0.1, 0.15) is 25.5 Å². The standard InChI is InChI=1S/C14H19N3O/c1-11(2)17-10-13(9-16-17)15-8-12-4-6-14(18-3)7-5-12/h4-7,9-11,15H,8H2,1-3H3. The van der Waals surface area contributed by atoms with Crippen LogP contribution in [0.4, 0.5) is 5.69 Å². The van der Waals surface area contributed by atoms with Gasteiger partial charge in [-0.15, -0.1) is 0 Å². The monoisotopic (exact) mass is 245 g/mol. The van der Waals surface area contributed by atoms with Gasteiger partial charge in [0.25, 0.3) is 0 Å². The van der Waals surface area contributed by atoms with E-state index < -0.39 is 0 Å². The van der Waals surface area contributed by atoms with Crippen LogP contribution in [0.3, 0.4) is 0 Å². The lowest BCUT2D eigenvalue weighted by molar-refractivity contribution is 0.414. The summed E-state index contributed by atoms with van der Waals surface area (Å²) >= 11 is 0. The van der Waals surface area contributed by atoms with Gasteiger partial charge in [0.05, 0.1) is 19.0 Å². The summed E-state index contributed by atoms with van der Waals surface area (Å²) in [7, 11) is 1.67. The minimum Gasteiger partial charge on any atom is -0.497 e. The summed E-state index contributed by atoms with van der Waals surface area (Å²) in [6, 6.07) is 8.43. The van der Waals surface area contributed by atoms with Crippen LogP contribution in [0.15, 0.2) is 36.7 Å². The van der Waals surface area contributed by atoms with Gasteiger partial charge < -0.3 is 10.1 Å². The fraction of sp³-hybridized carbons (Fsp3) is 0.357. The molecule has 4 nitrogen and oxygen atoms in total.